The van der Waals surface area contributed by atoms with Gasteiger partial charge in [-0.15, -0.1) is 0 Å². The SMILES string of the molecule is C.C.C=C1N=C(NC(C)=O)C(CC)=CN1[C@@H]1O[C@H](COP(=O)(O)O)[C@@H](O)C1O.CC(C)(C)[Si](C)(C)OCc1cn([C@@H]2O[C@H](COP(=O)(O)O)[C@@H](O)C2O)c(=O)nc1N.Cc1cn([C@@H]2O[C@H](COP(=O)(O)O)[C@@H](O)C2O)c(=O)nc1N.Nc1nc(=O)n([C@@H]2O[C@H](COP(=O)(O)O)[C@@H](O)C2O)cc1I. The van der Waals surface area contributed by atoms with Crippen LogP contribution in [0, 0.1) is 10.5 Å². The van der Waals surface area contributed by atoms with Crippen LogP contribution in [-0.4, -0.2) is 240 Å². The van der Waals surface area contributed by atoms with Crippen molar-refractivity contribution in [1.82, 2.24) is 38.9 Å². The van der Waals surface area contributed by atoms with Gasteiger partial charge in [0.1, 0.15) is 102 Å². The Balaban J connectivity index is 0.000000354. The number of hydrogen-bond donors (Lipinski definition) is 20. The Hall–Kier alpha value is -4.67. The molecule has 8 heterocycles. The van der Waals surface area contributed by atoms with Gasteiger partial charge >= 0.3 is 48.4 Å². The Labute approximate surface area is 595 Å². The molecule has 8 rings (SSSR count). The summed E-state index contributed by atoms with van der Waals surface area (Å²) >= 11 is 1.82. The molecule has 3 aromatic rings. The van der Waals surface area contributed by atoms with Gasteiger partial charge in [-0.3, -0.25) is 36.6 Å². The van der Waals surface area contributed by atoms with Crippen LogP contribution < -0.4 is 39.6 Å². The molecule has 16 atom stereocenters. The number of ether oxygens (including phenoxy) is 4. The fourth-order valence-corrected chi connectivity index (χ4v) is 11.8. The summed E-state index contributed by atoms with van der Waals surface area (Å²) in [6.07, 6.45) is -15.8. The van der Waals surface area contributed by atoms with Gasteiger partial charge in [0.15, 0.2) is 33.2 Å². The number of phosphoric acid groups is 4. The van der Waals surface area contributed by atoms with Crippen molar-refractivity contribution in [2.75, 3.05) is 43.6 Å². The van der Waals surface area contributed by atoms with Crippen LogP contribution in [0.5, 0.6) is 0 Å². The number of anilines is 3. The van der Waals surface area contributed by atoms with Crippen LogP contribution in [0.2, 0.25) is 18.1 Å². The van der Waals surface area contributed by atoms with Gasteiger partial charge in [-0.2, -0.15) is 15.0 Å². The van der Waals surface area contributed by atoms with E-state index in [4.69, 9.17) is 79.7 Å². The number of nitrogens with zero attached hydrogens (tertiary/aromatic N) is 8. The van der Waals surface area contributed by atoms with E-state index >= 15 is 0 Å². The predicted octanol–water partition coefficient (Wildman–Crippen LogP) is -3.47. The molecule has 0 aliphatic carbocycles. The monoisotopic (exact) mass is 1680 g/mol. The van der Waals surface area contributed by atoms with Gasteiger partial charge in [-0.1, -0.05) is 49.1 Å². The highest BCUT2D eigenvalue weighted by Gasteiger charge is 2.50. The van der Waals surface area contributed by atoms with Gasteiger partial charge in [-0.05, 0) is 54.1 Å². The van der Waals surface area contributed by atoms with E-state index in [0.29, 0.717) is 32.5 Å². The number of carbonyl (C=O) groups excluding carboxylic acids is 1. The highest BCUT2D eigenvalue weighted by atomic mass is 127. The number of aliphatic hydroxyl groups excluding tert-OH is 8. The molecular formula is C51H89IN12O33P4Si. The van der Waals surface area contributed by atoms with Crippen LogP contribution in [0.25, 0.3) is 0 Å². The Bertz CT molecular complexity index is 3730. The number of carbonyl (C=O) groups is 1. The van der Waals surface area contributed by atoms with Gasteiger partial charge in [0.05, 0.1) is 36.6 Å². The molecule has 23 N–H and O–H groups in total. The van der Waals surface area contributed by atoms with Gasteiger partial charge in [0.2, 0.25) is 5.91 Å². The molecule has 45 nitrogen and oxygen atoms in total. The number of nitrogens with two attached hydrogens (primary N) is 3. The maximum Gasteiger partial charge on any atom is 0.469 e. The maximum absolute atomic E-state index is 12.3. The highest BCUT2D eigenvalue weighted by molar-refractivity contribution is 14.1. The summed E-state index contributed by atoms with van der Waals surface area (Å²) in [6.45, 7) is 16.3. The van der Waals surface area contributed by atoms with Crippen molar-refractivity contribution in [2.45, 2.75) is 186 Å². The molecule has 5 aliphatic heterocycles. The predicted molar refractivity (Wildman–Crippen MR) is 363 cm³/mol. The molecule has 0 saturated carbocycles. The summed E-state index contributed by atoms with van der Waals surface area (Å²) in [4.78, 5) is 133. The highest BCUT2D eigenvalue weighted by Crippen LogP contribution is 2.43. The molecule has 4 fully saturated rings. The van der Waals surface area contributed by atoms with Crippen LogP contribution in [0.15, 0.2) is 62.1 Å². The fourth-order valence-electron chi connectivity index (χ4n) is 9.08. The van der Waals surface area contributed by atoms with Crippen LogP contribution in [0.1, 0.15) is 85.7 Å². The Morgan fingerprint density at radius 3 is 1.28 bits per heavy atom. The third kappa shape index (κ3) is 25.0. The van der Waals surface area contributed by atoms with Crippen LogP contribution in [-0.2, 0) is 71.1 Å². The van der Waals surface area contributed by atoms with E-state index in [1.165, 1.54) is 30.4 Å². The zero-order valence-corrected chi connectivity index (χ0v) is 60.8. The molecular weight excluding hydrogens is 1590 g/mol. The largest absolute Gasteiger partial charge is 0.469 e. The van der Waals surface area contributed by atoms with Crippen molar-refractivity contribution in [3.8, 4) is 0 Å². The first kappa shape index (κ1) is 91.5. The zero-order chi connectivity index (χ0) is 76.0. The normalized spacial score (nSPS) is 27.5. The number of rotatable bonds is 20. The Kier molecular flexibility index (Phi) is 33.0. The number of aliphatic hydroxyl groups is 8. The minimum absolute atomic E-state index is 0. The third-order valence-corrected chi connectivity index (χ3v) is 22.7. The van der Waals surface area contributed by atoms with Gasteiger partial charge in [0, 0.05) is 48.4 Å². The molecule has 3 aromatic heterocycles. The van der Waals surface area contributed by atoms with Crippen molar-refractivity contribution < 1.29 is 145 Å². The summed E-state index contributed by atoms with van der Waals surface area (Å²) in [7, 11) is -21.2. The second kappa shape index (κ2) is 36.8. The summed E-state index contributed by atoms with van der Waals surface area (Å²) in [5, 5.41) is 82.8. The Morgan fingerprint density at radius 1 is 0.598 bits per heavy atom. The van der Waals surface area contributed by atoms with Gasteiger partial charge in [-0.25, -0.2) is 37.6 Å². The molecule has 51 heteroatoms. The average molecular weight is 1680 g/mol. The number of aliphatic imine (C=N–C) groups is 1. The van der Waals surface area contributed by atoms with E-state index in [9.17, 15) is 78.3 Å². The standard InChI is InChI=1S/C16H30N3O9PSi.C14H22N3O8P.C10H16N3O8P.C9H13IN3O8P.2CH4/c1-16(2,3)30(4,5)27-7-9-6-19(15(22)18-13(9)17)14-12(21)11(20)10(28-14)8-26-29(23,24)25;1-4-9-5-17(7(2)15-13(9)16-8(3)18)14-12(20)11(19)10(25-14)6-24-26(21,22)23;1-4-2-13(10(16)12-8(4)11)9-7(15)6(14)5(21-9)3-20-22(17,18)19;10-3-1-13(9(16)12-7(3)11)8-6(15)5(14)4(21-8)2-20-22(17,18)19;;/h6,10-12,14,20-21H,7-8H2,1-5H3,(H2,17,18,22)(H2,23,24,25);5,10-12,14,19-20H,2,4,6H2,1,3H3,(H,15,16,18)(H2,21,22,23);2,5-7,9,14-15H,3H2,1H3,(H2,11,12,16)(H2,17,18,19);1,4-6,8,14-15H,2H2,(H2,11,12,16)(H2,17,18,19);2*1H4/t2*10-,11-,12?,14-;5-,6-,7?,9-;4-,5-,6?,8-;;/m1111../s1. The minimum Gasteiger partial charge on any atom is -0.412 e. The molecule has 5 aliphatic rings. The smallest absolute Gasteiger partial charge is 0.412 e. The maximum atomic E-state index is 12.3. The van der Waals surface area contributed by atoms with E-state index in [1.54, 1.807) is 13.1 Å². The zero-order valence-electron chi connectivity index (χ0n) is 54.1. The van der Waals surface area contributed by atoms with Crippen molar-refractivity contribution >= 4 is 91.4 Å². The van der Waals surface area contributed by atoms with Crippen LogP contribution >= 0.6 is 53.9 Å². The number of halogens is 1. The first-order chi connectivity index (χ1) is 45.8. The molecule has 0 radical (unpaired) electrons. The van der Waals surface area contributed by atoms with Crippen molar-refractivity contribution in [2.24, 2.45) is 4.99 Å². The lowest BCUT2D eigenvalue weighted by molar-refractivity contribution is -0.117. The molecule has 0 aromatic carbocycles. The third-order valence-electron chi connectivity index (χ3n) is 15.5. The number of hydrogen-bond acceptors (Lipinski definition) is 33. The van der Waals surface area contributed by atoms with E-state index in [1.807, 2.05) is 29.5 Å². The number of phosphoric ester groups is 4. The minimum atomic E-state index is -4.80. The van der Waals surface area contributed by atoms with Crippen LogP contribution in [0.4, 0.5) is 17.5 Å². The molecule has 1 amide bonds. The van der Waals surface area contributed by atoms with Crippen LogP contribution in [0.3, 0.4) is 0 Å². The molecule has 0 spiro atoms. The second-order valence-corrected chi connectivity index (χ2v) is 34.8. The van der Waals surface area contributed by atoms with Gasteiger partial charge < -0.3 is 131 Å². The summed E-state index contributed by atoms with van der Waals surface area (Å²) < 4.78 is 90.9. The van der Waals surface area contributed by atoms with Crippen molar-refractivity contribution in [3.63, 3.8) is 0 Å². The molecule has 4 unspecified atom stereocenters. The second-order valence-electron chi connectivity index (χ2n) is 23.9. The van der Waals surface area contributed by atoms with E-state index in [-0.39, 0.29) is 55.7 Å². The summed E-state index contributed by atoms with van der Waals surface area (Å²) in [5.41, 5.74) is 15.9. The van der Waals surface area contributed by atoms with E-state index in [2.05, 4.69) is 83.8 Å². The fraction of sp³-hybridized carbons (Fsp3) is 0.647. The van der Waals surface area contributed by atoms with E-state index in [0.717, 1.165) is 13.7 Å². The van der Waals surface area contributed by atoms with Gasteiger partial charge in [0.25, 0.3) is 0 Å². The molecule has 0 bridgehead atoms. The number of aromatic nitrogens is 6. The number of amidine groups is 1. The summed E-state index contributed by atoms with van der Waals surface area (Å²) in [5.74, 6) is 0.192. The molecule has 4 saturated heterocycles. The Morgan fingerprint density at radius 2 is 0.931 bits per heavy atom. The average Bonchev–Trinajstić information content (AvgIpc) is 1.63. The molecule has 582 valence electrons. The van der Waals surface area contributed by atoms with Crippen molar-refractivity contribution in [3.05, 3.63) is 88.9 Å². The van der Waals surface area contributed by atoms with E-state index < -0.39 is 181 Å². The first-order valence-electron chi connectivity index (χ1n) is 29.1. The quantitative estimate of drug-likeness (QED) is 0.0297. The lowest BCUT2D eigenvalue weighted by atomic mass is 10.1. The lowest BCUT2D eigenvalue weighted by Crippen LogP contribution is -2.43. The lowest BCUT2D eigenvalue weighted by Gasteiger charge is -2.36. The topological polar surface area (TPSA) is 702 Å². The first-order valence-corrected chi connectivity index (χ1v) is 39.2. The summed E-state index contributed by atoms with van der Waals surface area (Å²) in [6, 6.07) is 0. The molecule has 102 heavy (non-hydrogen) atoms. The number of nitrogen functional groups attached to an aromatic ring is 3. The number of nitrogens with one attached hydrogen (secondary N) is 1. The number of aryl methyl sites for hydroxylation is 1. The number of amides is 1. The van der Waals surface area contributed by atoms with Crippen molar-refractivity contribution in [1.29, 1.82) is 0 Å².